The fourth-order valence-corrected chi connectivity index (χ4v) is 3.36. The number of allylic oxidation sites excluding steroid dienone is 2. The minimum Gasteiger partial charge on any atom is -0.377 e. The van der Waals surface area contributed by atoms with E-state index in [0.717, 1.165) is 17.5 Å². The number of benzene rings is 2. The van der Waals surface area contributed by atoms with Gasteiger partial charge in [-0.2, -0.15) is 0 Å². The molecule has 2 unspecified atom stereocenters. The van der Waals surface area contributed by atoms with Crippen LogP contribution in [0.15, 0.2) is 60.2 Å². The molecule has 0 bridgehead atoms. The Labute approximate surface area is 160 Å². The molecule has 3 rings (SSSR count). The van der Waals surface area contributed by atoms with Crippen LogP contribution in [0.5, 0.6) is 0 Å². The molecule has 0 heterocycles. The second-order valence-corrected chi connectivity index (χ2v) is 6.94. The standard InChI is InChI=1S/C21H25N3OS/c1-14-11-12-16-7-6-9-19(18(16)13-14)22-21(26)24-23-15(2)17-8-4-5-10-20(17)25-3/h4-9,11-13,15,20,23H,10H2,1-3H3,(H2,22,24,26). The lowest BCUT2D eigenvalue weighted by atomic mass is 9.96. The number of thiocarbonyl (C=S) groups is 1. The summed E-state index contributed by atoms with van der Waals surface area (Å²) < 4.78 is 5.55. The van der Waals surface area contributed by atoms with Gasteiger partial charge in [0.25, 0.3) is 0 Å². The maximum atomic E-state index is 5.55. The van der Waals surface area contributed by atoms with Gasteiger partial charge in [-0.05, 0) is 55.6 Å². The second-order valence-electron chi connectivity index (χ2n) is 6.53. The zero-order valence-corrected chi connectivity index (χ0v) is 16.2. The lowest BCUT2D eigenvalue weighted by Crippen LogP contribution is -2.47. The van der Waals surface area contributed by atoms with Crippen molar-refractivity contribution >= 4 is 33.8 Å². The predicted molar refractivity (Wildman–Crippen MR) is 113 cm³/mol. The quantitative estimate of drug-likeness (QED) is 0.545. The number of rotatable bonds is 5. The van der Waals surface area contributed by atoms with Crippen LogP contribution in [0.3, 0.4) is 0 Å². The van der Waals surface area contributed by atoms with Gasteiger partial charge in [-0.15, -0.1) is 0 Å². The van der Waals surface area contributed by atoms with Crippen LogP contribution in [0.1, 0.15) is 18.9 Å². The van der Waals surface area contributed by atoms with Gasteiger partial charge in [0.05, 0.1) is 6.10 Å². The maximum Gasteiger partial charge on any atom is 0.185 e. The number of nitrogens with one attached hydrogen (secondary N) is 3. The van der Waals surface area contributed by atoms with Crippen LogP contribution in [0.25, 0.3) is 10.8 Å². The SMILES string of the molecule is COC1CC=CC=C1C(C)NNC(=S)Nc1cccc2ccc(C)cc12. The molecule has 0 aromatic heterocycles. The van der Waals surface area contributed by atoms with E-state index in [9.17, 15) is 0 Å². The molecule has 1 aliphatic rings. The highest BCUT2D eigenvalue weighted by atomic mass is 32.1. The van der Waals surface area contributed by atoms with Crippen molar-refractivity contribution in [3.8, 4) is 0 Å². The average molecular weight is 368 g/mol. The number of hydrazine groups is 1. The van der Waals surface area contributed by atoms with Crippen LogP contribution in [0.4, 0.5) is 5.69 Å². The fourth-order valence-electron chi connectivity index (χ4n) is 3.19. The van der Waals surface area contributed by atoms with E-state index in [2.05, 4.69) is 72.5 Å². The van der Waals surface area contributed by atoms with Crippen molar-refractivity contribution in [2.75, 3.05) is 12.4 Å². The molecule has 0 radical (unpaired) electrons. The fraction of sp³-hybridized carbons (Fsp3) is 0.286. The van der Waals surface area contributed by atoms with E-state index in [-0.39, 0.29) is 12.1 Å². The van der Waals surface area contributed by atoms with Gasteiger partial charge in [0, 0.05) is 24.2 Å². The third-order valence-corrected chi connectivity index (χ3v) is 4.82. The van der Waals surface area contributed by atoms with Crippen molar-refractivity contribution in [1.82, 2.24) is 10.9 Å². The van der Waals surface area contributed by atoms with Crippen LogP contribution >= 0.6 is 12.2 Å². The number of aryl methyl sites for hydroxylation is 1. The summed E-state index contributed by atoms with van der Waals surface area (Å²) in [4.78, 5) is 0. The molecule has 0 spiro atoms. The van der Waals surface area contributed by atoms with E-state index < -0.39 is 0 Å². The summed E-state index contributed by atoms with van der Waals surface area (Å²) >= 11 is 5.46. The molecule has 5 heteroatoms. The summed E-state index contributed by atoms with van der Waals surface area (Å²) in [5.74, 6) is 0. The molecule has 1 aliphatic carbocycles. The van der Waals surface area contributed by atoms with Crippen LogP contribution in [0.2, 0.25) is 0 Å². The first kappa shape index (κ1) is 18.6. The Morgan fingerprint density at radius 1 is 1.27 bits per heavy atom. The summed E-state index contributed by atoms with van der Waals surface area (Å²) in [5, 5.41) is 6.17. The topological polar surface area (TPSA) is 45.3 Å². The molecule has 0 saturated carbocycles. The first-order valence-electron chi connectivity index (χ1n) is 8.80. The molecule has 0 saturated heterocycles. The number of ether oxygens (including phenoxy) is 1. The third-order valence-electron chi connectivity index (χ3n) is 4.62. The van der Waals surface area contributed by atoms with E-state index in [1.807, 2.05) is 12.1 Å². The number of hydrogen-bond donors (Lipinski definition) is 3. The summed E-state index contributed by atoms with van der Waals surface area (Å²) in [7, 11) is 1.74. The van der Waals surface area contributed by atoms with Gasteiger partial charge in [0.15, 0.2) is 5.11 Å². The molecular formula is C21H25N3OS. The summed E-state index contributed by atoms with van der Waals surface area (Å²) in [5.41, 5.74) is 9.78. The first-order chi connectivity index (χ1) is 12.6. The van der Waals surface area contributed by atoms with Crippen molar-refractivity contribution < 1.29 is 4.74 Å². The van der Waals surface area contributed by atoms with Crippen molar-refractivity contribution in [3.05, 3.63) is 65.8 Å². The molecule has 0 amide bonds. The smallest absolute Gasteiger partial charge is 0.185 e. The second kappa shape index (κ2) is 8.45. The Kier molecular flexibility index (Phi) is 6.04. The summed E-state index contributed by atoms with van der Waals surface area (Å²) in [6.07, 6.45) is 7.28. The molecule has 4 nitrogen and oxygen atoms in total. The Morgan fingerprint density at radius 3 is 2.92 bits per heavy atom. The molecule has 2 atom stereocenters. The molecule has 26 heavy (non-hydrogen) atoms. The molecule has 3 N–H and O–H groups in total. The van der Waals surface area contributed by atoms with Crippen molar-refractivity contribution in [3.63, 3.8) is 0 Å². The highest BCUT2D eigenvalue weighted by Crippen LogP contribution is 2.24. The van der Waals surface area contributed by atoms with Gasteiger partial charge in [-0.1, -0.05) is 48.1 Å². The van der Waals surface area contributed by atoms with Crippen molar-refractivity contribution in [1.29, 1.82) is 0 Å². The van der Waals surface area contributed by atoms with E-state index in [1.54, 1.807) is 7.11 Å². The summed E-state index contributed by atoms with van der Waals surface area (Å²) in [6, 6.07) is 12.7. The normalized spacial score (nSPS) is 17.7. The number of fused-ring (bicyclic) bond motifs is 1. The molecule has 136 valence electrons. The number of methoxy groups -OCH3 is 1. The van der Waals surface area contributed by atoms with E-state index in [0.29, 0.717) is 5.11 Å². The Balaban J connectivity index is 1.64. The van der Waals surface area contributed by atoms with Gasteiger partial charge in [-0.25, -0.2) is 5.43 Å². The molecule has 2 aromatic carbocycles. The minimum atomic E-state index is 0.0967. The highest BCUT2D eigenvalue weighted by molar-refractivity contribution is 7.80. The largest absolute Gasteiger partial charge is 0.377 e. The monoisotopic (exact) mass is 367 g/mol. The van der Waals surface area contributed by atoms with Crippen LogP contribution in [-0.4, -0.2) is 24.4 Å². The molecule has 2 aromatic rings. The Hall–Kier alpha value is -2.21. The molecule has 0 aliphatic heterocycles. The Morgan fingerprint density at radius 2 is 2.12 bits per heavy atom. The summed E-state index contributed by atoms with van der Waals surface area (Å²) in [6.45, 7) is 4.18. The average Bonchev–Trinajstić information content (AvgIpc) is 2.66. The number of anilines is 1. The van der Waals surface area contributed by atoms with Crippen LogP contribution in [0, 0.1) is 6.92 Å². The predicted octanol–water partition coefficient (Wildman–Crippen LogP) is 4.23. The zero-order chi connectivity index (χ0) is 18.5. The van der Waals surface area contributed by atoms with E-state index in [4.69, 9.17) is 17.0 Å². The molecule has 0 fully saturated rings. The van der Waals surface area contributed by atoms with Gasteiger partial charge in [0.1, 0.15) is 0 Å². The van der Waals surface area contributed by atoms with Crippen LogP contribution in [-0.2, 0) is 4.74 Å². The highest BCUT2D eigenvalue weighted by Gasteiger charge is 2.20. The van der Waals surface area contributed by atoms with Gasteiger partial charge < -0.3 is 10.1 Å². The lowest BCUT2D eigenvalue weighted by molar-refractivity contribution is 0.126. The van der Waals surface area contributed by atoms with Gasteiger partial charge >= 0.3 is 0 Å². The number of hydrogen-bond acceptors (Lipinski definition) is 3. The minimum absolute atomic E-state index is 0.0967. The van der Waals surface area contributed by atoms with Gasteiger partial charge in [-0.3, -0.25) is 5.43 Å². The van der Waals surface area contributed by atoms with Crippen molar-refractivity contribution in [2.24, 2.45) is 0 Å². The molecular weight excluding hydrogens is 342 g/mol. The van der Waals surface area contributed by atoms with Gasteiger partial charge in [0.2, 0.25) is 0 Å². The van der Waals surface area contributed by atoms with Crippen molar-refractivity contribution in [2.45, 2.75) is 32.4 Å². The lowest BCUT2D eigenvalue weighted by Gasteiger charge is -2.26. The van der Waals surface area contributed by atoms with E-state index >= 15 is 0 Å². The van der Waals surface area contributed by atoms with E-state index in [1.165, 1.54) is 16.5 Å². The zero-order valence-electron chi connectivity index (χ0n) is 15.4. The maximum absolute atomic E-state index is 5.55. The first-order valence-corrected chi connectivity index (χ1v) is 9.20. The van der Waals surface area contributed by atoms with Crippen LogP contribution < -0.4 is 16.2 Å². The Bertz CT molecular complexity index is 859. The third kappa shape index (κ3) is 4.30.